The fourth-order valence-electron chi connectivity index (χ4n) is 4.18. The lowest BCUT2D eigenvalue weighted by Crippen LogP contribution is -2.43. The number of morpholine rings is 1. The quantitative estimate of drug-likeness (QED) is 0.663. The maximum atomic E-state index is 13.5. The molecule has 2 unspecified atom stereocenters. The van der Waals surface area contributed by atoms with Gasteiger partial charge < -0.3 is 15.0 Å². The summed E-state index contributed by atoms with van der Waals surface area (Å²) in [6, 6.07) is 1.86. The molecule has 9 nitrogen and oxygen atoms in total. The monoisotopic (exact) mass is 445 g/mol. The van der Waals surface area contributed by atoms with Crippen molar-refractivity contribution < 1.29 is 18.3 Å². The second kappa shape index (κ2) is 7.51. The first kappa shape index (κ1) is 20.8. The molecule has 170 valence electrons. The van der Waals surface area contributed by atoms with Crippen molar-refractivity contribution in [3.05, 3.63) is 35.9 Å². The molecule has 0 saturated carbocycles. The van der Waals surface area contributed by atoms with Crippen molar-refractivity contribution in [3.63, 3.8) is 0 Å². The van der Waals surface area contributed by atoms with E-state index in [0.717, 1.165) is 31.7 Å². The van der Waals surface area contributed by atoms with E-state index in [2.05, 4.69) is 25.4 Å². The number of aromatic nitrogens is 5. The van der Waals surface area contributed by atoms with Crippen LogP contribution in [0.5, 0.6) is 0 Å². The molecule has 0 aliphatic carbocycles. The molecule has 3 aromatic rings. The van der Waals surface area contributed by atoms with Crippen molar-refractivity contribution in [1.29, 1.82) is 0 Å². The molecule has 1 N–H and O–H groups in total. The zero-order valence-electron chi connectivity index (χ0n) is 18.1. The van der Waals surface area contributed by atoms with E-state index >= 15 is 0 Å². The van der Waals surface area contributed by atoms with Crippen LogP contribution in [0.4, 0.5) is 20.3 Å². The van der Waals surface area contributed by atoms with Gasteiger partial charge in [0.15, 0.2) is 11.3 Å². The number of fused-ring (bicyclic) bond motifs is 3. The number of halogens is 2. The van der Waals surface area contributed by atoms with E-state index in [4.69, 9.17) is 4.74 Å². The second-order valence-electron chi connectivity index (χ2n) is 9.27. The fourth-order valence-corrected chi connectivity index (χ4v) is 4.18. The summed E-state index contributed by atoms with van der Waals surface area (Å²) < 4.78 is 35.9. The van der Waals surface area contributed by atoms with Crippen LogP contribution >= 0.6 is 0 Å². The molecule has 0 aromatic carbocycles. The van der Waals surface area contributed by atoms with E-state index in [9.17, 15) is 13.6 Å². The molecule has 2 aliphatic rings. The third kappa shape index (κ3) is 3.70. The van der Waals surface area contributed by atoms with Crippen molar-refractivity contribution in [2.24, 2.45) is 0 Å². The Morgan fingerprint density at radius 2 is 1.97 bits per heavy atom. The van der Waals surface area contributed by atoms with Gasteiger partial charge in [-0.15, -0.1) is 0 Å². The summed E-state index contributed by atoms with van der Waals surface area (Å²) in [6.07, 6.45) is 4.22. The highest BCUT2D eigenvalue weighted by Crippen LogP contribution is 2.30. The molecule has 1 amide bonds. The van der Waals surface area contributed by atoms with Crippen LogP contribution in [0, 0.1) is 0 Å². The topological polar surface area (TPSA) is 89.6 Å². The lowest BCUT2D eigenvalue weighted by atomic mass is 10.1. The smallest absolute Gasteiger partial charge is 0.284 e. The molecule has 0 spiro atoms. The first-order chi connectivity index (χ1) is 15.2. The van der Waals surface area contributed by atoms with Crippen LogP contribution in [0.2, 0.25) is 0 Å². The van der Waals surface area contributed by atoms with Gasteiger partial charge in [0.2, 0.25) is 0 Å². The number of carbonyl (C=O) groups excluding carboxylic acids is 1. The van der Waals surface area contributed by atoms with Gasteiger partial charge in [0.25, 0.3) is 12.3 Å². The maximum Gasteiger partial charge on any atom is 0.284 e. The molecular formula is C21H25F2N7O2. The number of hydrogen-bond donors (Lipinski definition) is 1. The van der Waals surface area contributed by atoms with Gasteiger partial charge in [-0.3, -0.25) is 9.48 Å². The molecule has 5 heterocycles. The number of hydrogen-bond acceptors (Lipinski definition) is 6. The van der Waals surface area contributed by atoms with Crippen molar-refractivity contribution >= 4 is 23.1 Å². The van der Waals surface area contributed by atoms with Gasteiger partial charge in [0.05, 0.1) is 29.6 Å². The van der Waals surface area contributed by atoms with Crippen molar-refractivity contribution in [3.8, 4) is 0 Å². The summed E-state index contributed by atoms with van der Waals surface area (Å²) in [5.74, 6) is 0.170. The van der Waals surface area contributed by atoms with Crippen molar-refractivity contribution in [1.82, 2.24) is 24.4 Å². The van der Waals surface area contributed by atoms with Crippen LogP contribution in [-0.2, 0) is 10.3 Å². The summed E-state index contributed by atoms with van der Waals surface area (Å²) in [6.45, 7) is 7.03. The molecule has 0 radical (unpaired) electrons. The van der Waals surface area contributed by atoms with E-state index < -0.39 is 23.6 Å². The third-order valence-electron chi connectivity index (χ3n) is 5.85. The normalized spacial score (nSPS) is 21.0. The summed E-state index contributed by atoms with van der Waals surface area (Å²) in [5, 5.41) is 10.7. The molecule has 2 aliphatic heterocycles. The average molecular weight is 445 g/mol. The number of carbonyl (C=O) groups is 1. The van der Waals surface area contributed by atoms with Crippen LogP contribution in [-0.4, -0.2) is 55.6 Å². The van der Waals surface area contributed by atoms with Crippen LogP contribution in [0.1, 0.15) is 56.1 Å². The first-order valence-electron chi connectivity index (χ1n) is 10.6. The Labute approximate surface area is 183 Å². The molecule has 2 fully saturated rings. The van der Waals surface area contributed by atoms with Gasteiger partial charge in [-0.2, -0.15) is 10.2 Å². The molecule has 11 heteroatoms. The zero-order chi connectivity index (χ0) is 22.6. The van der Waals surface area contributed by atoms with E-state index in [0.29, 0.717) is 5.65 Å². The van der Waals surface area contributed by atoms with E-state index in [1.165, 1.54) is 21.6 Å². The van der Waals surface area contributed by atoms with Gasteiger partial charge in [0, 0.05) is 25.5 Å². The predicted octanol–water partition coefficient (Wildman–Crippen LogP) is 3.24. The van der Waals surface area contributed by atoms with Gasteiger partial charge in [-0.1, -0.05) is 0 Å². The van der Waals surface area contributed by atoms with Crippen LogP contribution < -0.4 is 10.2 Å². The summed E-state index contributed by atoms with van der Waals surface area (Å²) in [5.41, 5.74) is -0.444. The zero-order valence-corrected chi connectivity index (χ0v) is 18.1. The highest BCUT2D eigenvalue weighted by atomic mass is 19.3. The van der Waals surface area contributed by atoms with Crippen molar-refractivity contribution in [2.75, 3.05) is 23.3 Å². The van der Waals surface area contributed by atoms with Gasteiger partial charge in [-0.05, 0) is 39.7 Å². The summed E-state index contributed by atoms with van der Waals surface area (Å²) in [4.78, 5) is 19.8. The van der Waals surface area contributed by atoms with Crippen LogP contribution in [0.15, 0.2) is 24.7 Å². The highest BCUT2D eigenvalue weighted by molar-refractivity contribution is 6.08. The molecule has 2 saturated heterocycles. The lowest BCUT2D eigenvalue weighted by Gasteiger charge is -2.32. The number of alkyl halides is 2. The summed E-state index contributed by atoms with van der Waals surface area (Å²) in [7, 11) is 0. The Balaban J connectivity index is 1.44. The Kier molecular flexibility index (Phi) is 4.88. The fraction of sp³-hybridized carbons (Fsp3) is 0.524. The number of ether oxygens (including phenoxy) is 1. The Morgan fingerprint density at radius 3 is 2.62 bits per heavy atom. The largest absolute Gasteiger partial charge is 0.371 e. The number of amides is 1. The predicted molar refractivity (Wildman–Crippen MR) is 113 cm³/mol. The third-order valence-corrected chi connectivity index (χ3v) is 5.85. The molecule has 2 atom stereocenters. The minimum atomic E-state index is -2.82. The van der Waals surface area contributed by atoms with Gasteiger partial charge >= 0.3 is 0 Å². The highest BCUT2D eigenvalue weighted by Gasteiger charge is 2.34. The molecule has 32 heavy (non-hydrogen) atoms. The summed E-state index contributed by atoms with van der Waals surface area (Å²) >= 11 is 0. The Hall–Kier alpha value is -3.08. The molecule has 3 aromatic heterocycles. The Morgan fingerprint density at radius 1 is 1.25 bits per heavy atom. The van der Waals surface area contributed by atoms with E-state index in [-0.39, 0.29) is 23.5 Å². The molecule has 5 rings (SSSR count). The number of nitrogens with zero attached hydrogens (tertiary/aromatic N) is 6. The van der Waals surface area contributed by atoms with Crippen molar-refractivity contribution in [2.45, 2.75) is 57.8 Å². The first-order valence-corrected chi connectivity index (χ1v) is 10.6. The van der Waals surface area contributed by atoms with Crippen LogP contribution in [0.3, 0.4) is 0 Å². The molecular weight excluding hydrogens is 420 g/mol. The number of rotatable bonds is 4. The van der Waals surface area contributed by atoms with Crippen LogP contribution in [0.25, 0.3) is 5.65 Å². The Bertz CT molecular complexity index is 1150. The lowest BCUT2D eigenvalue weighted by molar-refractivity contribution is 0.0302. The van der Waals surface area contributed by atoms with Gasteiger partial charge in [-0.25, -0.2) is 18.3 Å². The number of nitrogens with one attached hydrogen (secondary N) is 1. The minimum absolute atomic E-state index is 0.0276. The maximum absolute atomic E-state index is 13.5. The van der Waals surface area contributed by atoms with E-state index in [1.54, 1.807) is 6.20 Å². The number of anilines is 2. The van der Waals surface area contributed by atoms with Gasteiger partial charge in [0.1, 0.15) is 11.4 Å². The SMILES string of the molecule is CC(C)(C)n1cc(NC(=O)c2cnn3ccc(N4CC5CCC(C4)O5)nc23)c(C(F)F)n1. The standard InChI is InChI=1S/C21H25F2N7O2/c1-21(2,3)30-11-15(17(27-30)18(22)23)25-20(31)14-8-24-29-7-6-16(26-19(14)29)28-9-12-4-5-13(10-28)32-12/h6-8,11-13,18H,4-5,9-10H2,1-3H3,(H,25,31). The minimum Gasteiger partial charge on any atom is -0.371 e. The van der Waals surface area contributed by atoms with E-state index in [1.807, 2.05) is 26.8 Å². The average Bonchev–Trinajstić information content (AvgIpc) is 3.43. The second-order valence-corrected chi connectivity index (χ2v) is 9.27. The molecule has 2 bridgehead atoms.